The van der Waals surface area contributed by atoms with Crippen molar-refractivity contribution in [3.63, 3.8) is 0 Å². The van der Waals surface area contributed by atoms with Crippen LogP contribution >= 0.6 is 0 Å². The summed E-state index contributed by atoms with van der Waals surface area (Å²) in [6, 6.07) is 14.7. The average Bonchev–Trinajstić information content (AvgIpc) is 2.72. The summed E-state index contributed by atoms with van der Waals surface area (Å²) in [5.41, 5.74) is 4.81. The largest absolute Gasteiger partial charge is 0.491 e. The average molecular weight is 413 g/mol. The van der Waals surface area contributed by atoms with Gasteiger partial charge in [0.05, 0.1) is 13.2 Å². The third-order valence-electron chi connectivity index (χ3n) is 4.57. The second kappa shape index (κ2) is 12.9. The molecule has 0 aliphatic carbocycles. The molecule has 0 heterocycles. The zero-order valence-corrected chi connectivity index (χ0v) is 19.0. The van der Waals surface area contributed by atoms with Crippen LogP contribution in [0.15, 0.2) is 47.5 Å². The molecule has 0 unspecified atom stereocenters. The second-order valence-corrected chi connectivity index (χ2v) is 7.51. The lowest BCUT2D eigenvalue weighted by Crippen LogP contribution is -2.37. The molecule has 0 radical (unpaired) electrons. The van der Waals surface area contributed by atoms with Crippen molar-refractivity contribution >= 4 is 5.96 Å². The fourth-order valence-electron chi connectivity index (χ4n) is 3.07. The molecule has 0 aromatic heterocycles. The van der Waals surface area contributed by atoms with Crippen molar-refractivity contribution in [2.45, 2.75) is 33.5 Å². The van der Waals surface area contributed by atoms with Crippen LogP contribution in [0.3, 0.4) is 0 Å². The maximum Gasteiger partial charge on any atom is 0.191 e. The molecule has 0 saturated carbocycles. The lowest BCUT2D eigenvalue weighted by atomic mass is 10.1. The molecule has 0 bridgehead atoms. The van der Waals surface area contributed by atoms with Crippen LogP contribution in [-0.4, -0.2) is 51.8 Å². The van der Waals surface area contributed by atoms with Crippen molar-refractivity contribution in [3.8, 4) is 5.75 Å². The van der Waals surface area contributed by atoms with Crippen LogP contribution < -0.4 is 15.4 Å². The zero-order valence-electron chi connectivity index (χ0n) is 19.0. The standard InChI is InChI=1S/C24H36N4O2/c1-6-25-24(26-16-20-9-7-8-10-22(20)18-28(3)4)27-17-21-12-11-19(2)15-23(21)30-14-13-29-5/h7-12,15H,6,13-14,16-18H2,1-5H3,(H2,25,26,27). The van der Waals surface area contributed by atoms with Gasteiger partial charge in [-0.15, -0.1) is 0 Å². The lowest BCUT2D eigenvalue weighted by molar-refractivity contribution is 0.145. The van der Waals surface area contributed by atoms with Gasteiger partial charge < -0.3 is 25.0 Å². The van der Waals surface area contributed by atoms with Crippen LogP contribution in [0.5, 0.6) is 5.75 Å². The maximum atomic E-state index is 5.89. The van der Waals surface area contributed by atoms with Gasteiger partial charge in [-0.2, -0.15) is 0 Å². The number of hydrogen-bond acceptors (Lipinski definition) is 4. The smallest absolute Gasteiger partial charge is 0.191 e. The van der Waals surface area contributed by atoms with Gasteiger partial charge in [-0.05, 0) is 50.7 Å². The fraction of sp³-hybridized carbons (Fsp3) is 0.458. The zero-order chi connectivity index (χ0) is 21.8. The SMILES string of the molecule is CCNC(=NCc1ccc(C)cc1OCCOC)NCc1ccccc1CN(C)C. The molecular weight excluding hydrogens is 376 g/mol. The van der Waals surface area contributed by atoms with E-state index in [0.717, 1.165) is 42.5 Å². The number of benzene rings is 2. The molecule has 164 valence electrons. The summed E-state index contributed by atoms with van der Waals surface area (Å²) >= 11 is 0. The maximum absolute atomic E-state index is 5.89. The number of nitrogens with zero attached hydrogens (tertiary/aromatic N) is 2. The van der Waals surface area contributed by atoms with Gasteiger partial charge in [0, 0.05) is 32.3 Å². The van der Waals surface area contributed by atoms with Gasteiger partial charge in [0.25, 0.3) is 0 Å². The van der Waals surface area contributed by atoms with Gasteiger partial charge in [-0.1, -0.05) is 36.4 Å². The number of guanidine groups is 1. The van der Waals surface area contributed by atoms with Crippen LogP contribution in [0, 0.1) is 6.92 Å². The van der Waals surface area contributed by atoms with Crippen molar-refractivity contribution in [1.82, 2.24) is 15.5 Å². The van der Waals surface area contributed by atoms with E-state index < -0.39 is 0 Å². The molecule has 0 saturated heterocycles. The Labute approximate surface area is 181 Å². The van der Waals surface area contributed by atoms with E-state index in [-0.39, 0.29) is 0 Å². The van der Waals surface area contributed by atoms with E-state index in [1.54, 1.807) is 7.11 Å². The van der Waals surface area contributed by atoms with E-state index in [2.05, 4.69) is 85.9 Å². The summed E-state index contributed by atoms with van der Waals surface area (Å²) < 4.78 is 11.0. The van der Waals surface area contributed by atoms with Crippen molar-refractivity contribution in [2.75, 3.05) is 41.0 Å². The first-order chi connectivity index (χ1) is 14.5. The van der Waals surface area contributed by atoms with Crippen LogP contribution in [0.4, 0.5) is 0 Å². The first kappa shape index (κ1) is 23.7. The Hall–Kier alpha value is -2.57. The van der Waals surface area contributed by atoms with E-state index in [4.69, 9.17) is 14.5 Å². The van der Waals surface area contributed by atoms with Gasteiger partial charge in [0.15, 0.2) is 5.96 Å². The van der Waals surface area contributed by atoms with Crippen LogP contribution in [-0.2, 0) is 24.4 Å². The Morgan fingerprint density at radius 2 is 1.77 bits per heavy atom. The van der Waals surface area contributed by atoms with Crippen molar-refractivity contribution in [1.29, 1.82) is 0 Å². The highest BCUT2D eigenvalue weighted by molar-refractivity contribution is 5.79. The van der Waals surface area contributed by atoms with Gasteiger partial charge in [0.1, 0.15) is 12.4 Å². The molecular formula is C24H36N4O2. The summed E-state index contributed by atoms with van der Waals surface area (Å²) in [6.45, 7) is 8.20. The molecule has 2 aromatic carbocycles. The highest BCUT2D eigenvalue weighted by atomic mass is 16.5. The van der Waals surface area contributed by atoms with Gasteiger partial charge in [0.2, 0.25) is 0 Å². The third kappa shape index (κ3) is 8.05. The number of nitrogens with one attached hydrogen (secondary N) is 2. The Kier molecular flexibility index (Phi) is 10.2. The van der Waals surface area contributed by atoms with Crippen molar-refractivity contribution < 1.29 is 9.47 Å². The molecule has 2 N–H and O–H groups in total. The summed E-state index contributed by atoms with van der Waals surface area (Å²) in [4.78, 5) is 6.96. The number of aryl methyl sites for hydroxylation is 1. The number of rotatable bonds is 11. The minimum Gasteiger partial charge on any atom is -0.491 e. The monoisotopic (exact) mass is 412 g/mol. The van der Waals surface area contributed by atoms with Crippen molar-refractivity contribution in [3.05, 3.63) is 64.7 Å². The quantitative estimate of drug-likeness (QED) is 0.337. The molecule has 6 nitrogen and oxygen atoms in total. The molecule has 0 spiro atoms. The molecule has 0 atom stereocenters. The van der Waals surface area contributed by atoms with E-state index in [1.165, 1.54) is 11.1 Å². The van der Waals surface area contributed by atoms with Gasteiger partial charge in [-0.25, -0.2) is 4.99 Å². The first-order valence-corrected chi connectivity index (χ1v) is 10.5. The van der Waals surface area contributed by atoms with Gasteiger partial charge >= 0.3 is 0 Å². The normalized spacial score (nSPS) is 11.6. The first-order valence-electron chi connectivity index (χ1n) is 10.5. The molecule has 30 heavy (non-hydrogen) atoms. The van der Waals surface area contributed by atoms with Crippen LogP contribution in [0.1, 0.15) is 29.2 Å². The van der Waals surface area contributed by atoms with Gasteiger partial charge in [-0.3, -0.25) is 0 Å². The predicted octanol–water partition coefficient (Wildman–Crippen LogP) is 3.34. The van der Waals surface area contributed by atoms with Crippen LogP contribution in [0.2, 0.25) is 0 Å². The Bertz CT molecular complexity index is 806. The Morgan fingerprint density at radius 1 is 1.00 bits per heavy atom. The Balaban J connectivity index is 2.08. The fourth-order valence-corrected chi connectivity index (χ4v) is 3.07. The molecule has 6 heteroatoms. The summed E-state index contributed by atoms with van der Waals surface area (Å²) in [6.07, 6.45) is 0. The van der Waals surface area contributed by atoms with E-state index in [1.807, 2.05) is 0 Å². The number of aliphatic imine (C=N–C) groups is 1. The predicted molar refractivity (Wildman–Crippen MR) is 124 cm³/mol. The molecule has 0 aliphatic rings. The minimum absolute atomic E-state index is 0.525. The topological polar surface area (TPSA) is 58.1 Å². The minimum atomic E-state index is 0.525. The number of hydrogen-bond donors (Lipinski definition) is 2. The second-order valence-electron chi connectivity index (χ2n) is 7.51. The highest BCUT2D eigenvalue weighted by Crippen LogP contribution is 2.21. The molecule has 2 aromatic rings. The Morgan fingerprint density at radius 3 is 2.47 bits per heavy atom. The summed E-state index contributed by atoms with van der Waals surface area (Å²) in [7, 11) is 5.85. The van der Waals surface area contributed by atoms with Crippen molar-refractivity contribution in [2.24, 2.45) is 4.99 Å². The molecule has 0 aliphatic heterocycles. The van der Waals surface area contributed by atoms with Crippen LogP contribution in [0.25, 0.3) is 0 Å². The van der Waals surface area contributed by atoms with E-state index in [0.29, 0.717) is 19.8 Å². The summed E-state index contributed by atoms with van der Waals surface area (Å²) in [5, 5.41) is 6.80. The van der Waals surface area contributed by atoms with E-state index >= 15 is 0 Å². The highest BCUT2D eigenvalue weighted by Gasteiger charge is 2.07. The third-order valence-corrected chi connectivity index (χ3v) is 4.57. The number of ether oxygens (including phenoxy) is 2. The summed E-state index contributed by atoms with van der Waals surface area (Å²) in [5.74, 6) is 1.66. The molecule has 0 amide bonds. The molecule has 2 rings (SSSR count). The van der Waals surface area contributed by atoms with E-state index in [9.17, 15) is 0 Å². The lowest BCUT2D eigenvalue weighted by Gasteiger charge is -2.17. The molecule has 0 fully saturated rings. The number of methoxy groups -OCH3 is 1.